The summed E-state index contributed by atoms with van der Waals surface area (Å²) < 4.78 is 19.1. The summed E-state index contributed by atoms with van der Waals surface area (Å²) >= 11 is 1.19. The number of carboxylic acid groups (broad SMARTS) is 1. The number of thiazole rings is 1. The molecule has 0 saturated carbocycles. The fourth-order valence-electron chi connectivity index (χ4n) is 3.02. The van der Waals surface area contributed by atoms with Crippen LogP contribution in [0.25, 0.3) is 0 Å². The van der Waals surface area contributed by atoms with Crippen molar-refractivity contribution in [3.63, 3.8) is 0 Å². The molecule has 0 radical (unpaired) electrons. The highest BCUT2D eigenvalue weighted by Gasteiger charge is 2.20. The van der Waals surface area contributed by atoms with Gasteiger partial charge in [-0.15, -0.1) is 11.3 Å². The van der Waals surface area contributed by atoms with Gasteiger partial charge < -0.3 is 9.84 Å². The molecular formula is C22H18FNO5S. The monoisotopic (exact) mass is 427 g/mol. The SMILES string of the molecule is COc1ccccc1C(=O)c1ccc(F)cc1CC(=O)Cc1nc(CC(=O)O)cs1. The number of aromatic nitrogens is 1. The first-order valence-corrected chi connectivity index (χ1v) is 9.88. The van der Waals surface area contributed by atoms with Crippen LogP contribution in [0.5, 0.6) is 5.75 Å². The third-order valence-electron chi connectivity index (χ3n) is 4.33. The molecule has 154 valence electrons. The topological polar surface area (TPSA) is 93.6 Å². The van der Waals surface area contributed by atoms with Gasteiger partial charge in [-0.3, -0.25) is 14.4 Å². The van der Waals surface area contributed by atoms with Crippen LogP contribution in [-0.2, 0) is 28.9 Å². The maximum absolute atomic E-state index is 13.8. The molecule has 0 fully saturated rings. The van der Waals surface area contributed by atoms with E-state index in [4.69, 9.17) is 9.84 Å². The van der Waals surface area contributed by atoms with Crippen molar-refractivity contribution in [2.24, 2.45) is 0 Å². The third kappa shape index (κ3) is 5.15. The number of hydrogen-bond donors (Lipinski definition) is 1. The van der Waals surface area contributed by atoms with Crippen LogP contribution in [0.4, 0.5) is 4.39 Å². The Hall–Kier alpha value is -3.39. The second-order valence-corrected chi connectivity index (χ2v) is 7.47. The molecular weight excluding hydrogens is 409 g/mol. The number of Topliss-reactive ketones (excluding diaryl/α,β-unsaturated/α-hetero) is 1. The molecule has 1 aromatic heterocycles. The summed E-state index contributed by atoms with van der Waals surface area (Å²) in [5.74, 6) is -1.79. The van der Waals surface area contributed by atoms with Gasteiger partial charge in [0.15, 0.2) is 5.78 Å². The molecule has 0 amide bonds. The van der Waals surface area contributed by atoms with Gasteiger partial charge in [-0.25, -0.2) is 9.37 Å². The number of benzene rings is 2. The Balaban J connectivity index is 1.81. The molecule has 0 saturated heterocycles. The molecule has 0 unspecified atom stereocenters. The lowest BCUT2D eigenvalue weighted by Crippen LogP contribution is -2.13. The molecule has 1 heterocycles. The predicted octanol–water partition coefficient (Wildman–Crippen LogP) is 3.50. The van der Waals surface area contributed by atoms with Gasteiger partial charge in [0.05, 0.1) is 31.2 Å². The van der Waals surface area contributed by atoms with E-state index in [1.807, 2.05) is 0 Å². The first-order chi connectivity index (χ1) is 14.4. The summed E-state index contributed by atoms with van der Waals surface area (Å²) in [4.78, 5) is 40.5. The van der Waals surface area contributed by atoms with E-state index in [-0.39, 0.29) is 42.0 Å². The van der Waals surface area contributed by atoms with E-state index >= 15 is 0 Å². The third-order valence-corrected chi connectivity index (χ3v) is 5.23. The van der Waals surface area contributed by atoms with Crippen LogP contribution >= 0.6 is 11.3 Å². The average Bonchev–Trinajstić information content (AvgIpc) is 3.13. The Kier molecular flexibility index (Phi) is 6.68. The van der Waals surface area contributed by atoms with Gasteiger partial charge in [-0.2, -0.15) is 0 Å². The van der Waals surface area contributed by atoms with Crippen molar-refractivity contribution in [1.82, 2.24) is 4.98 Å². The quantitative estimate of drug-likeness (QED) is 0.526. The minimum atomic E-state index is -1.00. The molecule has 0 spiro atoms. The number of rotatable bonds is 9. The standard InChI is InChI=1S/C22H18FNO5S/c1-29-19-5-3-2-4-18(19)22(28)17-7-6-14(23)8-13(17)9-16(25)11-20-24-15(12-30-20)10-21(26)27/h2-8,12H,9-11H2,1H3,(H,26,27). The minimum absolute atomic E-state index is 0.0247. The van der Waals surface area contributed by atoms with Gasteiger partial charge in [-0.1, -0.05) is 12.1 Å². The zero-order chi connectivity index (χ0) is 21.7. The van der Waals surface area contributed by atoms with E-state index in [0.717, 1.165) is 0 Å². The summed E-state index contributed by atoms with van der Waals surface area (Å²) in [6.07, 6.45) is -0.392. The molecule has 0 atom stereocenters. The molecule has 6 nitrogen and oxygen atoms in total. The van der Waals surface area contributed by atoms with Crippen LogP contribution in [0.1, 0.15) is 32.2 Å². The smallest absolute Gasteiger partial charge is 0.309 e. The number of carboxylic acids is 1. The summed E-state index contributed by atoms with van der Waals surface area (Å²) in [7, 11) is 1.45. The Morgan fingerprint density at radius 3 is 2.57 bits per heavy atom. The molecule has 0 aliphatic rings. The lowest BCUT2D eigenvalue weighted by Gasteiger charge is -2.11. The van der Waals surface area contributed by atoms with Crippen LogP contribution in [0.2, 0.25) is 0 Å². The molecule has 0 aliphatic heterocycles. The number of para-hydroxylation sites is 1. The number of carbonyl (C=O) groups is 3. The van der Waals surface area contributed by atoms with Gasteiger partial charge in [0.2, 0.25) is 0 Å². The second-order valence-electron chi connectivity index (χ2n) is 6.53. The maximum Gasteiger partial charge on any atom is 0.309 e. The number of methoxy groups -OCH3 is 1. The van der Waals surface area contributed by atoms with Gasteiger partial charge in [0.1, 0.15) is 22.4 Å². The van der Waals surface area contributed by atoms with Gasteiger partial charge in [0, 0.05) is 17.4 Å². The van der Waals surface area contributed by atoms with Gasteiger partial charge >= 0.3 is 5.97 Å². The van der Waals surface area contributed by atoms with E-state index in [0.29, 0.717) is 22.0 Å². The van der Waals surface area contributed by atoms with Crippen LogP contribution in [0.15, 0.2) is 47.8 Å². The second kappa shape index (κ2) is 9.41. The molecule has 1 N–H and O–H groups in total. The maximum atomic E-state index is 13.8. The van der Waals surface area contributed by atoms with E-state index in [1.165, 1.54) is 36.6 Å². The molecule has 3 rings (SSSR count). The Morgan fingerprint density at radius 2 is 1.83 bits per heavy atom. The molecule has 2 aromatic carbocycles. The molecule has 8 heteroatoms. The summed E-state index contributed by atoms with van der Waals surface area (Å²) in [6.45, 7) is 0. The van der Waals surface area contributed by atoms with Crippen molar-refractivity contribution in [1.29, 1.82) is 0 Å². The van der Waals surface area contributed by atoms with E-state index in [2.05, 4.69) is 4.98 Å². The fraction of sp³-hybridized carbons (Fsp3) is 0.182. The zero-order valence-electron chi connectivity index (χ0n) is 16.1. The first kappa shape index (κ1) is 21.3. The number of ether oxygens (including phenoxy) is 1. The van der Waals surface area contributed by atoms with Crippen molar-refractivity contribution in [2.45, 2.75) is 19.3 Å². The number of halogens is 1. The molecule has 0 aliphatic carbocycles. The summed E-state index contributed by atoms with van der Waals surface area (Å²) in [6, 6.07) is 10.4. The highest BCUT2D eigenvalue weighted by Crippen LogP contribution is 2.24. The van der Waals surface area contributed by atoms with Gasteiger partial charge in [-0.05, 0) is 35.9 Å². The van der Waals surface area contributed by atoms with Crippen LogP contribution in [-0.4, -0.2) is 34.7 Å². The number of nitrogens with zero attached hydrogens (tertiary/aromatic N) is 1. The number of aliphatic carboxylic acids is 1. The Morgan fingerprint density at radius 1 is 1.07 bits per heavy atom. The predicted molar refractivity (Wildman–Crippen MR) is 109 cm³/mol. The van der Waals surface area contributed by atoms with E-state index < -0.39 is 11.8 Å². The average molecular weight is 427 g/mol. The van der Waals surface area contributed by atoms with Crippen molar-refractivity contribution in [3.8, 4) is 5.75 Å². The van der Waals surface area contributed by atoms with E-state index in [1.54, 1.807) is 29.6 Å². The Bertz CT molecular complexity index is 1110. The Labute approximate surface area is 176 Å². The van der Waals surface area contributed by atoms with Crippen LogP contribution in [0.3, 0.4) is 0 Å². The fourth-order valence-corrected chi connectivity index (χ4v) is 3.84. The summed E-state index contributed by atoms with van der Waals surface area (Å²) in [5, 5.41) is 10.9. The minimum Gasteiger partial charge on any atom is -0.496 e. The van der Waals surface area contributed by atoms with E-state index in [9.17, 15) is 18.8 Å². The number of carbonyl (C=O) groups excluding carboxylic acids is 2. The lowest BCUT2D eigenvalue weighted by molar-refractivity contribution is -0.136. The molecule has 3 aromatic rings. The molecule has 0 bridgehead atoms. The summed E-state index contributed by atoms with van der Waals surface area (Å²) in [5.41, 5.74) is 1.20. The van der Waals surface area contributed by atoms with Crippen molar-refractivity contribution >= 4 is 28.9 Å². The number of hydrogen-bond acceptors (Lipinski definition) is 6. The zero-order valence-corrected chi connectivity index (χ0v) is 16.9. The largest absolute Gasteiger partial charge is 0.496 e. The normalized spacial score (nSPS) is 10.6. The highest BCUT2D eigenvalue weighted by molar-refractivity contribution is 7.09. The first-order valence-electron chi connectivity index (χ1n) is 9.00. The van der Waals surface area contributed by atoms with Crippen LogP contribution in [0, 0.1) is 5.82 Å². The highest BCUT2D eigenvalue weighted by atomic mass is 32.1. The van der Waals surface area contributed by atoms with Crippen molar-refractivity contribution in [2.75, 3.05) is 7.11 Å². The van der Waals surface area contributed by atoms with Crippen LogP contribution < -0.4 is 4.74 Å². The van der Waals surface area contributed by atoms with Crippen molar-refractivity contribution in [3.05, 3.63) is 81.1 Å². The molecule has 30 heavy (non-hydrogen) atoms. The number of ketones is 2. The lowest BCUT2D eigenvalue weighted by atomic mass is 9.94. The van der Waals surface area contributed by atoms with Gasteiger partial charge in [0.25, 0.3) is 0 Å². The van der Waals surface area contributed by atoms with Crippen molar-refractivity contribution < 1.29 is 28.6 Å².